The summed E-state index contributed by atoms with van der Waals surface area (Å²) in [4.78, 5) is 2.64. The van der Waals surface area contributed by atoms with E-state index in [0.717, 1.165) is 38.2 Å². The molecule has 0 aromatic carbocycles. The van der Waals surface area contributed by atoms with Gasteiger partial charge in [0.2, 0.25) is 0 Å². The second kappa shape index (κ2) is 31.4. The van der Waals surface area contributed by atoms with Crippen LogP contribution in [0.3, 0.4) is 0 Å². The molecule has 50 heavy (non-hydrogen) atoms. The maximum atomic E-state index is 6.89. The van der Waals surface area contributed by atoms with Crippen molar-refractivity contribution in [1.82, 2.24) is 4.90 Å². The lowest BCUT2D eigenvalue weighted by Gasteiger charge is -2.29. The van der Waals surface area contributed by atoms with E-state index in [-0.39, 0.29) is 5.79 Å². The molecule has 0 aromatic rings. The number of ether oxygens (including phenoxy) is 2. The van der Waals surface area contributed by atoms with Crippen LogP contribution in [0.4, 0.5) is 0 Å². The minimum Gasteiger partial charge on any atom is -0.347 e. The summed E-state index contributed by atoms with van der Waals surface area (Å²) in [7, 11) is 0. The number of nitrogens with zero attached hydrogens (tertiary/aromatic N) is 1. The summed E-state index contributed by atoms with van der Waals surface area (Å²) in [5.41, 5.74) is 0. The van der Waals surface area contributed by atoms with Gasteiger partial charge in [0.25, 0.3) is 0 Å². The van der Waals surface area contributed by atoms with Crippen LogP contribution in [0, 0.1) is 5.92 Å². The van der Waals surface area contributed by atoms with Crippen molar-refractivity contribution in [2.45, 2.75) is 225 Å². The van der Waals surface area contributed by atoms with E-state index >= 15 is 0 Å². The average Bonchev–Trinajstić information content (AvgIpc) is 3.75. The normalized spacial score (nSPS) is 20.0. The topological polar surface area (TPSA) is 21.7 Å². The molecule has 3 heteroatoms. The molecule has 0 amide bonds. The van der Waals surface area contributed by atoms with Crippen LogP contribution in [0.25, 0.3) is 0 Å². The van der Waals surface area contributed by atoms with Gasteiger partial charge in [-0.05, 0) is 116 Å². The van der Waals surface area contributed by atoms with E-state index in [1.807, 2.05) is 0 Å². The summed E-state index contributed by atoms with van der Waals surface area (Å²) in [6.45, 7) is 12.5. The summed E-state index contributed by atoms with van der Waals surface area (Å²) < 4.78 is 13.5. The minimum absolute atomic E-state index is 0.293. The molecule has 2 saturated heterocycles. The van der Waals surface area contributed by atoms with Crippen molar-refractivity contribution in [2.24, 2.45) is 5.92 Å². The van der Waals surface area contributed by atoms with Gasteiger partial charge in [-0.2, -0.15) is 0 Å². The second-order valence-corrected chi connectivity index (χ2v) is 16.1. The molecule has 0 N–H and O–H groups in total. The van der Waals surface area contributed by atoms with E-state index in [9.17, 15) is 0 Å². The van der Waals surface area contributed by atoms with Crippen LogP contribution >= 0.6 is 0 Å². The fraction of sp³-hybridized carbons (Fsp3) is 0.830. The van der Waals surface area contributed by atoms with E-state index in [0.29, 0.717) is 12.1 Å². The van der Waals surface area contributed by atoms with Crippen LogP contribution in [-0.4, -0.2) is 42.5 Å². The summed E-state index contributed by atoms with van der Waals surface area (Å²) in [5, 5.41) is 0. The van der Waals surface area contributed by atoms with Crippen molar-refractivity contribution in [3.63, 3.8) is 0 Å². The predicted molar refractivity (Wildman–Crippen MR) is 221 cm³/mol. The lowest BCUT2D eigenvalue weighted by molar-refractivity contribution is -0.180. The van der Waals surface area contributed by atoms with E-state index < -0.39 is 0 Å². The van der Waals surface area contributed by atoms with Crippen molar-refractivity contribution in [1.29, 1.82) is 0 Å². The maximum absolute atomic E-state index is 6.89. The first-order valence-corrected chi connectivity index (χ1v) is 22.2. The van der Waals surface area contributed by atoms with Crippen LogP contribution in [-0.2, 0) is 9.47 Å². The van der Waals surface area contributed by atoms with Gasteiger partial charge < -0.3 is 14.4 Å². The molecule has 2 atom stereocenters. The Kier molecular flexibility index (Phi) is 28.2. The Morgan fingerprint density at radius 1 is 0.580 bits per heavy atom. The van der Waals surface area contributed by atoms with E-state index in [1.165, 1.54) is 167 Å². The molecule has 0 saturated carbocycles. The third-order valence-corrected chi connectivity index (χ3v) is 11.1. The van der Waals surface area contributed by atoms with Crippen molar-refractivity contribution < 1.29 is 9.47 Å². The maximum Gasteiger partial charge on any atom is 0.168 e. The van der Waals surface area contributed by atoms with Crippen molar-refractivity contribution in [2.75, 3.05) is 19.7 Å². The molecule has 0 aliphatic carbocycles. The molecule has 2 heterocycles. The predicted octanol–water partition coefficient (Wildman–Crippen LogP) is 14.6. The number of unbranched alkanes of at least 4 members (excludes halogenated alkanes) is 18. The molecule has 290 valence electrons. The van der Waals surface area contributed by atoms with Crippen LogP contribution in [0.1, 0.15) is 207 Å². The Morgan fingerprint density at radius 3 is 1.46 bits per heavy atom. The van der Waals surface area contributed by atoms with Crippen LogP contribution in [0.15, 0.2) is 48.6 Å². The molecule has 2 unspecified atom stereocenters. The highest BCUT2D eigenvalue weighted by molar-refractivity contribution is 4.93. The largest absolute Gasteiger partial charge is 0.347 e. The summed E-state index contributed by atoms with van der Waals surface area (Å²) >= 11 is 0. The smallest absolute Gasteiger partial charge is 0.168 e. The lowest BCUT2D eigenvalue weighted by Crippen LogP contribution is -2.32. The molecular formula is C47H85NO2. The van der Waals surface area contributed by atoms with Gasteiger partial charge in [0.1, 0.15) is 0 Å². The average molecular weight is 696 g/mol. The Bertz CT molecular complexity index is 824. The molecule has 2 aliphatic heterocycles. The quantitative estimate of drug-likeness (QED) is 0.0504. The van der Waals surface area contributed by atoms with Gasteiger partial charge in [-0.15, -0.1) is 0 Å². The molecule has 0 radical (unpaired) electrons. The minimum atomic E-state index is -0.314. The first kappa shape index (κ1) is 45.0. The van der Waals surface area contributed by atoms with Crippen molar-refractivity contribution >= 4 is 0 Å². The molecular weight excluding hydrogens is 611 g/mol. The fourth-order valence-corrected chi connectivity index (χ4v) is 7.78. The second-order valence-electron chi connectivity index (χ2n) is 16.1. The van der Waals surface area contributed by atoms with Gasteiger partial charge >= 0.3 is 0 Å². The van der Waals surface area contributed by atoms with Crippen LogP contribution < -0.4 is 0 Å². The fourth-order valence-electron chi connectivity index (χ4n) is 7.78. The summed E-state index contributed by atoms with van der Waals surface area (Å²) in [6, 6.07) is 0.660. The molecule has 0 aromatic heterocycles. The number of rotatable bonds is 33. The Labute approximate surface area is 313 Å². The van der Waals surface area contributed by atoms with Gasteiger partial charge in [-0.25, -0.2) is 0 Å². The van der Waals surface area contributed by atoms with Gasteiger partial charge in [0.15, 0.2) is 5.79 Å². The number of hydrogen-bond donors (Lipinski definition) is 0. The van der Waals surface area contributed by atoms with Crippen molar-refractivity contribution in [3.05, 3.63) is 48.6 Å². The van der Waals surface area contributed by atoms with E-state index in [4.69, 9.17) is 9.47 Å². The van der Waals surface area contributed by atoms with E-state index in [2.05, 4.69) is 81.2 Å². The van der Waals surface area contributed by atoms with Gasteiger partial charge in [-0.1, -0.05) is 140 Å². The number of hydrogen-bond acceptors (Lipinski definition) is 3. The van der Waals surface area contributed by atoms with Crippen molar-refractivity contribution in [3.8, 4) is 0 Å². The number of allylic oxidation sites excluding steroid dienone is 8. The molecule has 2 fully saturated rings. The van der Waals surface area contributed by atoms with Crippen LogP contribution in [0.2, 0.25) is 0 Å². The molecule has 0 spiro atoms. The monoisotopic (exact) mass is 696 g/mol. The molecule has 2 aliphatic rings. The molecule has 0 bridgehead atoms. The first-order chi connectivity index (χ1) is 24.6. The highest BCUT2D eigenvalue weighted by Crippen LogP contribution is 2.37. The molecule has 2 rings (SSSR count). The lowest BCUT2D eigenvalue weighted by atomic mass is 9.98. The van der Waals surface area contributed by atoms with Crippen LogP contribution in [0.5, 0.6) is 0 Å². The first-order valence-electron chi connectivity index (χ1n) is 22.2. The van der Waals surface area contributed by atoms with Gasteiger partial charge in [0.05, 0.1) is 12.7 Å². The molecule has 3 nitrogen and oxygen atoms in total. The third-order valence-electron chi connectivity index (χ3n) is 11.1. The SMILES string of the molecule is CCCCC/C=C\C/C=C\CCCCCCCCC1(CCCCCCCC/C=C\C/C=C\CCCCC)OCC(CC2CCN(C(C)C)C2)O1. The summed E-state index contributed by atoms with van der Waals surface area (Å²) in [6.07, 6.45) is 55.0. The number of likely N-dealkylation sites (tertiary alicyclic amines) is 1. The highest BCUT2D eigenvalue weighted by Gasteiger charge is 2.41. The highest BCUT2D eigenvalue weighted by atomic mass is 16.7. The summed E-state index contributed by atoms with van der Waals surface area (Å²) in [5.74, 6) is 0.455. The Hall–Kier alpha value is -1.16. The van der Waals surface area contributed by atoms with Gasteiger partial charge in [-0.3, -0.25) is 0 Å². The zero-order valence-electron chi connectivity index (χ0n) is 34.0. The van der Waals surface area contributed by atoms with Gasteiger partial charge in [0, 0.05) is 25.4 Å². The third kappa shape index (κ3) is 23.4. The standard InChI is InChI=1S/C47H85NO2/c1-5-7-9-11-13-15-17-19-21-23-25-27-29-31-33-35-38-47(49-43-46(50-47)41-45-37-40-48(42-45)44(3)4)39-36-34-32-30-28-26-24-22-20-18-16-14-12-10-8-6-2/h13-16,19-22,44-46H,5-12,17-18,23-43H2,1-4H3/b15-13-,16-14-,21-19-,22-20-. The Balaban J connectivity index is 1.60. The van der Waals surface area contributed by atoms with E-state index in [1.54, 1.807) is 0 Å². The Morgan fingerprint density at radius 2 is 1.02 bits per heavy atom. The zero-order chi connectivity index (χ0) is 35.8. The zero-order valence-corrected chi connectivity index (χ0v) is 34.0.